The highest BCUT2D eigenvalue weighted by Crippen LogP contribution is 2.36. The Balaban J connectivity index is 3.68. The van der Waals surface area contributed by atoms with E-state index in [-0.39, 0.29) is 5.91 Å². The zero-order chi connectivity index (χ0) is 45.3. The van der Waals surface area contributed by atoms with Gasteiger partial charge in [-0.25, -0.2) is 4.57 Å². The molecule has 0 aliphatic carbocycles. The van der Waals surface area contributed by atoms with E-state index < -0.39 is 26.6 Å². The summed E-state index contributed by atoms with van der Waals surface area (Å²) in [6, 6.07) is -0.906. The zero-order valence-electron chi connectivity index (χ0n) is 41.6. The lowest BCUT2D eigenvalue weighted by atomic mass is 10.0. The van der Waals surface area contributed by atoms with Crippen LogP contribution in [-0.2, 0) is 13.9 Å². The lowest BCUT2D eigenvalue weighted by Crippen LogP contribution is -2.45. The molecule has 0 unspecified atom stereocenters. The van der Waals surface area contributed by atoms with Crippen LogP contribution in [0, 0.1) is 0 Å². The number of hydrogen-bond donors (Lipinski definition) is 4. The summed E-state index contributed by atoms with van der Waals surface area (Å²) in [7, 11) is -4.72. The quantitative estimate of drug-likeness (QED) is 0.0275. The van der Waals surface area contributed by atoms with Crippen molar-refractivity contribution in [3.8, 4) is 0 Å². The topological polar surface area (TPSA) is 116 Å². The Kier molecular flexibility index (Phi) is 49.1. The Morgan fingerprint density at radius 2 is 0.710 bits per heavy atom. The van der Waals surface area contributed by atoms with Crippen LogP contribution in [-0.4, -0.2) is 39.6 Å². The van der Waals surface area contributed by atoms with Crippen molar-refractivity contribution >= 4 is 13.7 Å². The molecule has 0 aromatic heterocycles. The van der Waals surface area contributed by atoms with E-state index in [1.807, 2.05) is 6.08 Å². The van der Waals surface area contributed by atoms with Crippen molar-refractivity contribution in [3.63, 3.8) is 0 Å². The number of phosphoric ester groups is 1. The first-order chi connectivity index (χ1) is 30.3. The molecule has 0 spiro atoms. The van der Waals surface area contributed by atoms with Crippen LogP contribution in [0.1, 0.15) is 309 Å². The monoisotopic (exact) mass is 898 g/mol. The van der Waals surface area contributed by atoms with Gasteiger partial charge >= 0.3 is 7.82 Å². The van der Waals surface area contributed by atoms with Gasteiger partial charge in [0.15, 0.2) is 0 Å². The molecule has 7 nitrogen and oxygen atoms in total. The fraction of sp³-hybridized carbons (Fsp3) is 0.944. The first kappa shape index (κ1) is 61.3. The maximum atomic E-state index is 12.7. The first-order valence-electron chi connectivity index (χ1n) is 27.6. The number of nitrogens with one attached hydrogen (secondary N) is 1. The number of hydrogen-bond acceptors (Lipinski definition) is 4. The van der Waals surface area contributed by atoms with Crippen LogP contribution < -0.4 is 5.32 Å². The Hall–Kier alpha value is -0.720. The van der Waals surface area contributed by atoms with Gasteiger partial charge in [-0.15, -0.1) is 0 Å². The maximum absolute atomic E-state index is 12.7. The molecule has 1 amide bonds. The van der Waals surface area contributed by atoms with E-state index in [1.165, 1.54) is 250 Å². The Bertz CT molecular complexity index is 973. The lowest BCUT2D eigenvalue weighted by molar-refractivity contribution is -0.123. The number of allylic oxidation sites excluding steroid dienone is 1. The van der Waals surface area contributed by atoms with Crippen molar-refractivity contribution in [3.05, 3.63) is 12.2 Å². The molecular weight excluding hydrogens is 790 g/mol. The van der Waals surface area contributed by atoms with Crippen molar-refractivity contribution in [2.45, 2.75) is 321 Å². The average Bonchev–Trinajstić information content (AvgIpc) is 3.25. The molecule has 0 aliphatic heterocycles. The highest BCUT2D eigenvalue weighted by molar-refractivity contribution is 7.46. The van der Waals surface area contributed by atoms with Gasteiger partial charge in [-0.2, -0.15) is 0 Å². The number of unbranched alkanes of at least 4 members (excludes halogenated alkanes) is 43. The van der Waals surface area contributed by atoms with E-state index in [0.29, 0.717) is 6.42 Å². The lowest BCUT2D eigenvalue weighted by Gasteiger charge is -2.22. The summed E-state index contributed by atoms with van der Waals surface area (Å²) in [4.78, 5) is 31.1. The molecule has 0 saturated carbocycles. The minimum absolute atomic E-state index is 0.219. The predicted octanol–water partition coefficient (Wildman–Crippen LogP) is 17.5. The highest BCUT2D eigenvalue weighted by Gasteiger charge is 2.24. The molecule has 0 aliphatic rings. The molecule has 8 heteroatoms. The minimum atomic E-state index is -4.72. The van der Waals surface area contributed by atoms with E-state index in [1.54, 1.807) is 6.08 Å². The standard InChI is InChI=1S/C54H108NO6P/c1-3-5-7-9-11-13-15-17-19-20-21-22-23-24-25-26-27-28-29-30-31-32-33-34-36-38-40-42-44-46-48-50-54(57)55-52(51-61-62(58,59)60)53(56)49-47-45-43-41-39-37-35-18-16-14-12-10-8-6-4-2/h47,49,52-53,56H,3-46,48,50-51H2,1-2H3,(H,55,57)(H2,58,59,60)/b49-47+/t52-,53+/m0/s1. The van der Waals surface area contributed by atoms with Crippen LogP contribution in [0.4, 0.5) is 0 Å². The Morgan fingerprint density at radius 1 is 0.452 bits per heavy atom. The molecule has 0 bridgehead atoms. The third-order valence-corrected chi connectivity index (χ3v) is 13.5. The number of aliphatic hydroxyl groups excluding tert-OH is 1. The summed E-state index contributed by atoms with van der Waals surface area (Å²) >= 11 is 0. The molecule has 0 aromatic rings. The second kappa shape index (κ2) is 49.7. The van der Waals surface area contributed by atoms with Crippen molar-refractivity contribution < 1.29 is 28.8 Å². The Labute approximate surface area is 386 Å². The van der Waals surface area contributed by atoms with Gasteiger partial charge < -0.3 is 20.2 Å². The van der Waals surface area contributed by atoms with Gasteiger partial charge in [0.05, 0.1) is 18.8 Å². The van der Waals surface area contributed by atoms with Crippen LogP contribution in [0.3, 0.4) is 0 Å². The summed E-state index contributed by atoms with van der Waals surface area (Å²) in [6.07, 6.45) is 62.8. The summed E-state index contributed by atoms with van der Waals surface area (Å²) in [6.45, 7) is 4.11. The van der Waals surface area contributed by atoms with E-state index in [9.17, 15) is 24.3 Å². The summed E-state index contributed by atoms with van der Waals surface area (Å²) in [5, 5.41) is 13.5. The molecule has 62 heavy (non-hydrogen) atoms. The first-order valence-corrected chi connectivity index (χ1v) is 29.2. The van der Waals surface area contributed by atoms with Gasteiger partial charge in [0, 0.05) is 6.42 Å². The van der Waals surface area contributed by atoms with Crippen molar-refractivity contribution in [2.24, 2.45) is 0 Å². The number of amides is 1. The van der Waals surface area contributed by atoms with Crippen LogP contribution in [0.15, 0.2) is 12.2 Å². The van der Waals surface area contributed by atoms with Crippen molar-refractivity contribution in [1.82, 2.24) is 5.32 Å². The van der Waals surface area contributed by atoms with E-state index in [4.69, 9.17) is 0 Å². The largest absolute Gasteiger partial charge is 0.469 e. The predicted molar refractivity (Wildman–Crippen MR) is 269 cm³/mol. The Morgan fingerprint density at radius 3 is 0.984 bits per heavy atom. The number of carbonyl (C=O) groups is 1. The van der Waals surface area contributed by atoms with E-state index in [2.05, 4.69) is 23.7 Å². The highest BCUT2D eigenvalue weighted by atomic mass is 31.2. The molecule has 0 rings (SSSR count). The van der Waals surface area contributed by atoms with Crippen LogP contribution in [0.2, 0.25) is 0 Å². The molecule has 0 saturated heterocycles. The molecule has 2 atom stereocenters. The second-order valence-electron chi connectivity index (χ2n) is 19.3. The van der Waals surface area contributed by atoms with Crippen LogP contribution >= 0.6 is 7.82 Å². The zero-order valence-corrected chi connectivity index (χ0v) is 42.5. The summed E-state index contributed by atoms with van der Waals surface area (Å²) < 4.78 is 16.0. The minimum Gasteiger partial charge on any atom is -0.387 e. The molecule has 0 heterocycles. The van der Waals surface area contributed by atoms with Gasteiger partial charge in [-0.3, -0.25) is 9.32 Å². The summed E-state index contributed by atoms with van der Waals surface area (Å²) in [5.74, 6) is -0.219. The molecular formula is C54H108NO6P. The average molecular weight is 898 g/mol. The third kappa shape index (κ3) is 50.3. The van der Waals surface area contributed by atoms with Crippen molar-refractivity contribution in [2.75, 3.05) is 6.61 Å². The van der Waals surface area contributed by atoms with Gasteiger partial charge in [0.2, 0.25) is 5.91 Å². The second-order valence-corrected chi connectivity index (χ2v) is 20.5. The number of carbonyl (C=O) groups excluding carboxylic acids is 1. The fourth-order valence-electron chi connectivity index (χ4n) is 8.82. The maximum Gasteiger partial charge on any atom is 0.469 e. The fourth-order valence-corrected chi connectivity index (χ4v) is 9.17. The number of phosphoric acid groups is 1. The molecule has 0 aromatic carbocycles. The number of rotatable bonds is 52. The van der Waals surface area contributed by atoms with E-state index >= 15 is 0 Å². The van der Waals surface area contributed by atoms with Crippen LogP contribution in [0.25, 0.3) is 0 Å². The molecule has 370 valence electrons. The van der Waals surface area contributed by atoms with Gasteiger partial charge in [-0.1, -0.05) is 296 Å². The SMILES string of the molecule is CCCCCCCCCCCCCCC/C=C/[C@@H](O)[C@H](COP(=O)(O)O)NC(=O)CCCCCCCCCCCCCCCCCCCCCCCCCCCCCCCCC. The van der Waals surface area contributed by atoms with Gasteiger partial charge in [0.1, 0.15) is 0 Å². The number of aliphatic hydroxyl groups is 1. The smallest absolute Gasteiger partial charge is 0.387 e. The van der Waals surface area contributed by atoms with E-state index in [0.717, 1.165) is 38.5 Å². The molecule has 0 fully saturated rings. The molecule has 4 N–H and O–H groups in total. The van der Waals surface area contributed by atoms with Gasteiger partial charge in [0.25, 0.3) is 0 Å². The van der Waals surface area contributed by atoms with Gasteiger partial charge in [-0.05, 0) is 19.3 Å². The third-order valence-electron chi connectivity index (χ3n) is 13.0. The normalized spacial score (nSPS) is 13.0. The van der Waals surface area contributed by atoms with Crippen LogP contribution in [0.5, 0.6) is 0 Å². The summed E-state index contributed by atoms with van der Waals surface area (Å²) in [5.41, 5.74) is 0. The molecule has 0 radical (unpaired) electrons. The van der Waals surface area contributed by atoms with Crippen molar-refractivity contribution in [1.29, 1.82) is 0 Å².